The number of aromatic nitrogens is 1. The quantitative estimate of drug-likeness (QED) is 0.102. The Kier molecular flexibility index (Phi) is 15.8. The molecule has 4 amide bonds. The number of β-amino-alcohol motifs (C(OH)–C–C–N with tert-alkyl or cyclic N) is 1. The summed E-state index contributed by atoms with van der Waals surface area (Å²) in [5, 5.41) is 29.4. The first-order valence-corrected chi connectivity index (χ1v) is 24.8. The number of likely N-dealkylation sites (tertiary alicyclic amines) is 1. The van der Waals surface area contributed by atoms with E-state index < -0.39 is 29.5 Å². The molecule has 3 aliphatic rings. The van der Waals surface area contributed by atoms with Gasteiger partial charge in [-0.2, -0.15) is 5.26 Å². The number of nitrogens with one attached hydrogen (secondary N) is 3. The van der Waals surface area contributed by atoms with Gasteiger partial charge in [0, 0.05) is 80.7 Å². The van der Waals surface area contributed by atoms with Crippen LogP contribution in [0.15, 0.2) is 72.2 Å². The number of hydrogen-bond acceptors (Lipinski definition) is 12. The fourth-order valence-corrected chi connectivity index (χ4v) is 11.2. The van der Waals surface area contributed by atoms with Gasteiger partial charge in [-0.15, -0.1) is 11.3 Å². The molecule has 3 atom stereocenters. The second-order valence-corrected chi connectivity index (χ2v) is 22.0. The largest absolute Gasteiger partial charge is 0.492 e. The third-order valence-corrected chi connectivity index (χ3v) is 15.1. The number of aliphatic hydroxyl groups is 1. The van der Waals surface area contributed by atoms with Crippen LogP contribution >= 0.6 is 22.9 Å². The van der Waals surface area contributed by atoms with Crippen molar-refractivity contribution in [3.05, 3.63) is 99.6 Å². The Hall–Kier alpha value is -5.57. The second kappa shape index (κ2) is 21.2. The van der Waals surface area contributed by atoms with E-state index in [4.69, 9.17) is 21.1 Å². The van der Waals surface area contributed by atoms with E-state index in [0.717, 1.165) is 34.8 Å². The molecule has 0 bridgehead atoms. The maximum absolute atomic E-state index is 14.2. The molecule has 1 aliphatic carbocycles. The van der Waals surface area contributed by atoms with Crippen LogP contribution in [0.1, 0.15) is 82.1 Å². The van der Waals surface area contributed by atoms with Gasteiger partial charge in [-0.1, -0.05) is 84.3 Å². The minimum atomic E-state index is -0.909. The van der Waals surface area contributed by atoms with E-state index in [1.54, 1.807) is 53.8 Å². The summed E-state index contributed by atoms with van der Waals surface area (Å²) in [6.45, 7) is 20.2. The van der Waals surface area contributed by atoms with Gasteiger partial charge in [0.2, 0.25) is 17.7 Å². The zero-order valence-electron chi connectivity index (χ0n) is 40.8. The topological polar surface area (TPSA) is 189 Å². The number of aliphatic hydroxyl groups excluding tert-OH is 1. The Morgan fingerprint density at radius 1 is 0.957 bits per heavy atom. The third kappa shape index (κ3) is 11.9. The van der Waals surface area contributed by atoms with Crippen molar-refractivity contribution in [2.45, 2.75) is 98.7 Å². The molecule has 69 heavy (non-hydrogen) atoms. The number of amides is 4. The Bertz CT molecular complexity index is 2510. The molecule has 15 nitrogen and oxygen atoms in total. The molecule has 0 radical (unpaired) electrons. The molecule has 0 unspecified atom stereocenters. The van der Waals surface area contributed by atoms with Crippen molar-refractivity contribution >= 4 is 46.6 Å². The number of nitriles is 1. The number of ether oxygens (including phenoxy) is 2. The van der Waals surface area contributed by atoms with Crippen LogP contribution in [0.4, 0.5) is 0 Å². The van der Waals surface area contributed by atoms with E-state index in [1.165, 1.54) is 4.90 Å². The molecule has 3 aromatic carbocycles. The summed E-state index contributed by atoms with van der Waals surface area (Å²) in [6.07, 6.45) is -0.956. The SMILES string of the molecule is Cc1ncsc1-c1ccc(CNC(=O)[C@@H]2C[C@@H](O)CN2C(=O)[C@@H](NC(=O)CN2CCN(CCOc3ccc(C(=O)NC4C(C)(C)C(Oc5ccc(C#N)c(Cl)c5)C4(C)C)cc3)CC2)C(C)(C)C)cc1. The molecule has 3 fully saturated rings. The molecule has 4 N–H and O–H groups in total. The molecule has 1 aromatic heterocycles. The average Bonchev–Trinajstić information content (AvgIpc) is 3.93. The Labute approximate surface area is 414 Å². The maximum Gasteiger partial charge on any atom is 0.251 e. The van der Waals surface area contributed by atoms with Crippen LogP contribution in [0.3, 0.4) is 0 Å². The Morgan fingerprint density at radius 2 is 1.61 bits per heavy atom. The summed E-state index contributed by atoms with van der Waals surface area (Å²) < 4.78 is 12.4. The standard InChI is InChI=1S/C52H65ClN8O7S/c1-32-43(69-31-56-32)34-11-9-33(10-12-34)28-55-46(65)41-25-37(62)29-61(41)47(66)44(50(2,3)4)57-42(63)30-60-21-19-59(20-22-60)23-24-67-38-16-13-35(14-17-38)45(64)58-48-51(5,6)49(52(48,7)8)68-39-18-15-36(27-54)40(53)26-39/h9-18,26,31,37,41,44,48-49,62H,19-25,28-30H2,1-8H3,(H,55,65)(H,57,63)(H,58,64)/t37-,41+,44-,48?,49?/m1/s1. The number of hydrogen-bond donors (Lipinski definition) is 4. The minimum Gasteiger partial charge on any atom is -0.492 e. The van der Waals surface area contributed by atoms with E-state index in [2.05, 4.69) is 64.5 Å². The molecule has 2 saturated heterocycles. The number of rotatable bonds is 16. The first kappa shape index (κ1) is 51.3. The smallest absolute Gasteiger partial charge is 0.251 e. The van der Waals surface area contributed by atoms with Crippen molar-refractivity contribution in [3.63, 3.8) is 0 Å². The number of carbonyl (C=O) groups is 4. The van der Waals surface area contributed by atoms with E-state index in [-0.39, 0.29) is 66.8 Å². The maximum atomic E-state index is 14.2. The first-order valence-electron chi connectivity index (χ1n) is 23.6. The fraction of sp³-hybridized carbons (Fsp3) is 0.500. The van der Waals surface area contributed by atoms with Gasteiger partial charge >= 0.3 is 0 Å². The van der Waals surface area contributed by atoms with Gasteiger partial charge < -0.3 is 35.4 Å². The van der Waals surface area contributed by atoms with E-state index in [9.17, 15) is 29.5 Å². The number of halogens is 1. The van der Waals surface area contributed by atoms with Crippen LogP contribution < -0.4 is 25.4 Å². The van der Waals surface area contributed by atoms with Crippen molar-refractivity contribution in [2.24, 2.45) is 16.2 Å². The minimum absolute atomic E-state index is 0.00629. The molecule has 3 heterocycles. The average molecular weight is 982 g/mol. The molecular formula is C52H65ClN8O7S. The van der Waals surface area contributed by atoms with Crippen molar-refractivity contribution in [1.29, 1.82) is 5.26 Å². The van der Waals surface area contributed by atoms with Gasteiger partial charge in [-0.3, -0.25) is 29.0 Å². The highest BCUT2D eigenvalue weighted by Gasteiger charge is 2.64. The molecule has 17 heteroatoms. The van der Waals surface area contributed by atoms with E-state index in [1.807, 2.05) is 57.5 Å². The highest BCUT2D eigenvalue weighted by atomic mass is 35.5. The lowest BCUT2D eigenvalue weighted by atomic mass is 9.49. The number of piperazine rings is 1. The fourth-order valence-electron chi connectivity index (χ4n) is 10.2. The number of benzene rings is 3. The summed E-state index contributed by atoms with van der Waals surface area (Å²) in [6, 6.07) is 20.2. The predicted octanol–water partition coefficient (Wildman–Crippen LogP) is 6.06. The zero-order valence-corrected chi connectivity index (χ0v) is 42.4. The lowest BCUT2D eigenvalue weighted by Gasteiger charge is -2.63. The molecule has 1 saturated carbocycles. The number of thiazole rings is 1. The van der Waals surface area contributed by atoms with Crippen LogP contribution in [-0.2, 0) is 20.9 Å². The van der Waals surface area contributed by atoms with E-state index in [0.29, 0.717) is 53.9 Å². The summed E-state index contributed by atoms with van der Waals surface area (Å²) in [5.74, 6) is 0.0239. The molecule has 4 aromatic rings. The van der Waals surface area contributed by atoms with Crippen LogP contribution in [0.25, 0.3) is 10.4 Å². The van der Waals surface area contributed by atoms with Gasteiger partial charge in [0.1, 0.15) is 42.4 Å². The Morgan fingerprint density at radius 3 is 2.22 bits per heavy atom. The van der Waals surface area contributed by atoms with Gasteiger partial charge in [0.25, 0.3) is 5.91 Å². The van der Waals surface area contributed by atoms with Crippen molar-refractivity contribution < 1.29 is 33.8 Å². The predicted molar refractivity (Wildman–Crippen MR) is 266 cm³/mol. The molecule has 0 spiro atoms. The van der Waals surface area contributed by atoms with Gasteiger partial charge in [-0.05, 0) is 59.9 Å². The summed E-state index contributed by atoms with van der Waals surface area (Å²) in [7, 11) is 0. The molecule has 368 valence electrons. The molecule has 2 aliphatic heterocycles. The highest BCUT2D eigenvalue weighted by molar-refractivity contribution is 7.13. The lowest BCUT2D eigenvalue weighted by Crippen LogP contribution is -2.74. The first-order chi connectivity index (χ1) is 32.6. The van der Waals surface area contributed by atoms with Crippen LogP contribution in [0.2, 0.25) is 5.02 Å². The highest BCUT2D eigenvalue weighted by Crippen LogP contribution is 2.55. The van der Waals surface area contributed by atoms with Crippen molar-refractivity contribution in [2.75, 3.05) is 52.4 Å². The van der Waals surface area contributed by atoms with Crippen LogP contribution in [-0.4, -0.2) is 131 Å². The van der Waals surface area contributed by atoms with E-state index >= 15 is 0 Å². The monoisotopic (exact) mass is 980 g/mol. The lowest BCUT2D eigenvalue weighted by molar-refractivity contribution is -0.164. The second-order valence-electron chi connectivity index (χ2n) is 20.7. The van der Waals surface area contributed by atoms with Gasteiger partial charge in [0.05, 0.1) is 39.3 Å². The van der Waals surface area contributed by atoms with Crippen molar-refractivity contribution in [1.82, 2.24) is 35.6 Å². The van der Waals surface area contributed by atoms with Crippen LogP contribution in [0, 0.1) is 34.5 Å². The normalized spacial score (nSPS) is 21.6. The summed E-state index contributed by atoms with van der Waals surface area (Å²) >= 11 is 7.83. The number of aryl methyl sites for hydroxylation is 1. The van der Waals surface area contributed by atoms with Crippen LogP contribution in [0.5, 0.6) is 11.5 Å². The van der Waals surface area contributed by atoms with Gasteiger partial charge in [0.15, 0.2) is 0 Å². The summed E-state index contributed by atoms with van der Waals surface area (Å²) in [4.78, 5) is 65.8. The van der Waals surface area contributed by atoms with Gasteiger partial charge in [-0.25, -0.2) is 4.98 Å². The Balaban J connectivity index is 0.825. The molecule has 7 rings (SSSR count). The summed E-state index contributed by atoms with van der Waals surface area (Å²) in [5.41, 5.74) is 4.21. The number of carbonyl (C=O) groups excluding carboxylic acids is 4. The third-order valence-electron chi connectivity index (χ3n) is 13.8. The molecular weight excluding hydrogens is 916 g/mol. The van der Waals surface area contributed by atoms with Crippen molar-refractivity contribution in [3.8, 4) is 28.0 Å². The number of nitrogens with zero attached hydrogens (tertiary/aromatic N) is 5. The zero-order chi connectivity index (χ0) is 49.8.